The Morgan fingerprint density at radius 1 is 1.53 bits per heavy atom. The molecular formula is C12H17ClN2O3S. The van der Waals surface area contributed by atoms with Crippen LogP contribution < -0.4 is 5.73 Å². The maximum atomic E-state index is 12.5. The highest BCUT2D eigenvalue weighted by Gasteiger charge is 2.32. The summed E-state index contributed by atoms with van der Waals surface area (Å²) < 4.78 is 26.3. The average molecular weight is 305 g/mol. The molecule has 1 aliphatic heterocycles. The summed E-state index contributed by atoms with van der Waals surface area (Å²) in [7, 11) is -3.56. The van der Waals surface area contributed by atoms with E-state index in [1.807, 2.05) is 0 Å². The number of aliphatic hydroxyl groups excluding tert-OH is 1. The first-order valence-corrected chi connectivity index (χ1v) is 7.84. The van der Waals surface area contributed by atoms with E-state index in [0.717, 1.165) is 0 Å². The number of nitrogens with zero attached hydrogens (tertiary/aromatic N) is 1. The minimum Gasteiger partial charge on any atom is -0.397 e. The number of hydrogen-bond acceptors (Lipinski definition) is 4. The quantitative estimate of drug-likeness (QED) is 0.823. The minimum absolute atomic E-state index is 0.00774. The van der Waals surface area contributed by atoms with E-state index in [1.165, 1.54) is 16.4 Å². The van der Waals surface area contributed by atoms with Gasteiger partial charge in [-0.15, -0.1) is 0 Å². The van der Waals surface area contributed by atoms with Crippen molar-refractivity contribution < 1.29 is 13.5 Å². The minimum atomic E-state index is -3.56. The molecule has 2 rings (SSSR count). The Bertz CT molecular complexity index is 566. The second kappa shape index (κ2) is 5.28. The molecule has 0 aliphatic carbocycles. The molecule has 0 radical (unpaired) electrons. The number of hydrogen-bond donors (Lipinski definition) is 2. The first-order chi connectivity index (χ1) is 8.86. The van der Waals surface area contributed by atoms with Crippen molar-refractivity contribution in [2.75, 3.05) is 25.4 Å². The van der Waals surface area contributed by atoms with Crippen LogP contribution in [0, 0.1) is 12.8 Å². The van der Waals surface area contributed by atoms with Crippen LogP contribution in [0.1, 0.15) is 12.0 Å². The third kappa shape index (κ3) is 2.72. The lowest BCUT2D eigenvalue weighted by molar-refractivity contribution is 0.233. The highest BCUT2D eigenvalue weighted by molar-refractivity contribution is 7.89. The molecule has 0 saturated carbocycles. The van der Waals surface area contributed by atoms with Crippen LogP contribution in [0.5, 0.6) is 0 Å². The van der Waals surface area contributed by atoms with Crippen molar-refractivity contribution in [1.82, 2.24) is 4.31 Å². The molecule has 1 fully saturated rings. The zero-order valence-corrected chi connectivity index (χ0v) is 12.2. The molecule has 1 atom stereocenters. The van der Waals surface area contributed by atoms with Crippen LogP contribution in [-0.2, 0) is 10.0 Å². The first kappa shape index (κ1) is 14.6. The lowest BCUT2D eigenvalue weighted by Crippen LogP contribution is -2.29. The maximum Gasteiger partial charge on any atom is 0.243 e. The van der Waals surface area contributed by atoms with Gasteiger partial charge in [0.25, 0.3) is 0 Å². The number of anilines is 1. The molecule has 0 aromatic heterocycles. The second-order valence-electron chi connectivity index (χ2n) is 4.84. The number of aryl methyl sites for hydroxylation is 1. The summed E-state index contributed by atoms with van der Waals surface area (Å²) in [6, 6.07) is 2.91. The van der Waals surface area contributed by atoms with Crippen LogP contribution in [0.25, 0.3) is 0 Å². The monoisotopic (exact) mass is 304 g/mol. The molecule has 0 spiro atoms. The molecule has 19 heavy (non-hydrogen) atoms. The summed E-state index contributed by atoms with van der Waals surface area (Å²) >= 11 is 5.94. The van der Waals surface area contributed by atoms with Crippen LogP contribution >= 0.6 is 11.6 Å². The molecule has 1 aromatic carbocycles. The summed E-state index contributed by atoms with van der Waals surface area (Å²) in [6.07, 6.45) is 0.678. The van der Waals surface area contributed by atoms with Gasteiger partial charge in [-0.3, -0.25) is 0 Å². The standard InChI is InChI=1S/C12H17ClN2O3S/c1-8-4-10(5-11(14)12(8)13)19(17,18)15-3-2-9(6-15)7-16/h4-5,9,16H,2-3,6-7,14H2,1H3. The van der Waals surface area contributed by atoms with Crippen LogP contribution in [-0.4, -0.2) is 37.5 Å². The topological polar surface area (TPSA) is 83.6 Å². The molecule has 1 heterocycles. The molecule has 1 unspecified atom stereocenters. The Labute approximate surface area is 118 Å². The van der Waals surface area contributed by atoms with Gasteiger partial charge in [0, 0.05) is 19.7 Å². The fourth-order valence-corrected chi connectivity index (χ4v) is 3.99. The van der Waals surface area contributed by atoms with E-state index in [4.69, 9.17) is 22.4 Å². The number of benzene rings is 1. The molecule has 1 aliphatic rings. The first-order valence-electron chi connectivity index (χ1n) is 6.03. The third-order valence-corrected chi connectivity index (χ3v) is 5.76. The van der Waals surface area contributed by atoms with Gasteiger partial charge in [0.15, 0.2) is 0 Å². The van der Waals surface area contributed by atoms with Gasteiger partial charge < -0.3 is 10.8 Å². The summed E-state index contributed by atoms with van der Waals surface area (Å²) in [5.74, 6) is 0.0144. The molecule has 0 amide bonds. The number of halogens is 1. The molecule has 5 nitrogen and oxygen atoms in total. The van der Waals surface area contributed by atoms with Crippen molar-refractivity contribution in [3.05, 3.63) is 22.7 Å². The Balaban J connectivity index is 2.35. The molecule has 106 valence electrons. The fraction of sp³-hybridized carbons (Fsp3) is 0.500. The van der Waals surface area contributed by atoms with Gasteiger partial charge in [0.2, 0.25) is 10.0 Å². The number of rotatable bonds is 3. The van der Waals surface area contributed by atoms with Crippen molar-refractivity contribution in [1.29, 1.82) is 0 Å². The van der Waals surface area contributed by atoms with Gasteiger partial charge >= 0.3 is 0 Å². The van der Waals surface area contributed by atoms with E-state index < -0.39 is 10.0 Å². The van der Waals surface area contributed by atoms with Crippen molar-refractivity contribution in [3.8, 4) is 0 Å². The van der Waals surface area contributed by atoms with Gasteiger partial charge in [-0.05, 0) is 37.0 Å². The van der Waals surface area contributed by atoms with Gasteiger partial charge in [-0.1, -0.05) is 11.6 Å². The van der Waals surface area contributed by atoms with Crippen molar-refractivity contribution >= 4 is 27.3 Å². The third-order valence-electron chi connectivity index (χ3n) is 3.40. The Morgan fingerprint density at radius 3 is 2.74 bits per heavy atom. The smallest absolute Gasteiger partial charge is 0.243 e. The van der Waals surface area contributed by atoms with E-state index >= 15 is 0 Å². The predicted molar refractivity (Wildman–Crippen MR) is 74.6 cm³/mol. The molecule has 3 N–H and O–H groups in total. The largest absolute Gasteiger partial charge is 0.397 e. The van der Waals surface area contributed by atoms with Gasteiger partial charge in [0.1, 0.15) is 0 Å². The zero-order chi connectivity index (χ0) is 14.2. The lowest BCUT2D eigenvalue weighted by Gasteiger charge is -2.17. The van der Waals surface area contributed by atoms with Crippen LogP contribution in [0.3, 0.4) is 0 Å². The van der Waals surface area contributed by atoms with Crippen LogP contribution in [0.4, 0.5) is 5.69 Å². The van der Waals surface area contributed by atoms with Gasteiger partial charge in [0.05, 0.1) is 15.6 Å². The molecule has 7 heteroatoms. The Hall–Kier alpha value is -0.820. The van der Waals surface area contributed by atoms with Crippen LogP contribution in [0.15, 0.2) is 17.0 Å². The molecule has 1 aromatic rings. The van der Waals surface area contributed by atoms with Crippen LogP contribution in [0.2, 0.25) is 5.02 Å². The van der Waals surface area contributed by atoms with E-state index in [9.17, 15) is 8.42 Å². The highest BCUT2D eigenvalue weighted by Crippen LogP contribution is 2.30. The molecule has 1 saturated heterocycles. The van der Waals surface area contributed by atoms with E-state index in [-0.39, 0.29) is 23.1 Å². The summed E-state index contributed by atoms with van der Waals surface area (Å²) in [6.45, 7) is 2.50. The normalized spacial score (nSPS) is 20.9. The number of nitrogens with two attached hydrogens (primary N) is 1. The predicted octanol–water partition coefficient (Wildman–Crippen LogP) is 1.23. The molecule has 0 bridgehead atoms. The number of aliphatic hydroxyl groups is 1. The van der Waals surface area contributed by atoms with Gasteiger partial charge in [-0.25, -0.2) is 8.42 Å². The van der Waals surface area contributed by atoms with Gasteiger partial charge in [-0.2, -0.15) is 4.31 Å². The average Bonchev–Trinajstić information content (AvgIpc) is 2.84. The molecular weight excluding hydrogens is 288 g/mol. The fourth-order valence-electron chi connectivity index (χ4n) is 2.23. The summed E-state index contributed by atoms with van der Waals surface area (Å²) in [5, 5.41) is 9.47. The Kier molecular flexibility index (Phi) is 4.06. The van der Waals surface area contributed by atoms with E-state index in [1.54, 1.807) is 6.92 Å². The second-order valence-corrected chi connectivity index (χ2v) is 7.16. The SMILES string of the molecule is Cc1cc(S(=O)(=O)N2CCC(CO)C2)cc(N)c1Cl. The van der Waals surface area contributed by atoms with E-state index in [2.05, 4.69) is 0 Å². The summed E-state index contributed by atoms with van der Waals surface area (Å²) in [4.78, 5) is 0.158. The van der Waals surface area contributed by atoms with Crippen molar-refractivity contribution in [3.63, 3.8) is 0 Å². The lowest BCUT2D eigenvalue weighted by atomic mass is 10.1. The van der Waals surface area contributed by atoms with E-state index in [0.29, 0.717) is 30.1 Å². The maximum absolute atomic E-state index is 12.5. The highest BCUT2D eigenvalue weighted by atomic mass is 35.5. The number of sulfonamides is 1. The van der Waals surface area contributed by atoms with Crippen molar-refractivity contribution in [2.45, 2.75) is 18.2 Å². The Morgan fingerprint density at radius 2 is 2.21 bits per heavy atom. The summed E-state index contributed by atoms with van der Waals surface area (Å²) in [5.41, 5.74) is 6.61. The number of nitrogen functional groups attached to an aromatic ring is 1. The zero-order valence-electron chi connectivity index (χ0n) is 10.6. The van der Waals surface area contributed by atoms with Crippen molar-refractivity contribution in [2.24, 2.45) is 5.92 Å².